The molecule has 23 heavy (non-hydrogen) atoms. The fraction of sp³-hybridized carbons (Fsp3) is 0.556. The van der Waals surface area contributed by atoms with Gasteiger partial charge in [-0.3, -0.25) is 9.59 Å². The molecule has 124 valence electrons. The van der Waals surface area contributed by atoms with E-state index in [0.717, 1.165) is 24.2 Å². The summed E-state index contributed by atoms with van der Waals surface area (Å²) in [6.07, 6.45) is 4.86. The summed E-state index contributed by atoms with van der Waals surface area (Å²) in [6, 6.07) is 8.00. The van der Waals surface area contributed by atoms with Gasteiger partial charge >= 0.3 is 0 Å². The highest BCUT2D eigenvalue weighted by Crippen LogP contribution is 2.23. The molecule has 2 amide bonds. The molecule has 1 aromatic carbocycles. The molecule has 1 aromatic rings. The summed E-state index contributed by atoms with van der Waals surface area (Å²) in [5.74, 6) is 0.700. The number of ether oxygens (including phenoxy) is 1. The fourth-order valence-electron chi connectivity index (χ4n) is 3.44. The van der Waals surface area contributed by atoms with Crippen molar-refractivity contribution in [2.45, 2.75) is 44.7 Å². The van der Waals surface area contributed by atoms with Gasteiger partial charge in [0.25, 0.3) is 0 Å². The Morgan fingerprint density at radius 1 is 1.26 bits per heavy atom. The lowest BCUT2D eigenvalue weighted by Crippen LogP contribution is -2.38. The van der Waals surface area contributed by atoms with Crippen LogP contribution in [0.1, 0.15) is 37.7 Å². The molecule has 0 radical (unpaired) electrons. The number of hydrogen-bond donors (Lipinski definition) is 1. The minimum atomic E-state index is -0.207. The van der Waals surface area contributed by atoms with Crippen LogP contribution in [0.2, 0.25) is 0 Å². The largest absolute Gasteiger partial charge is 0.497 e. The first kappa shape index (κ1) is 15.8. The normalized spacial score (nSPS) is 21.7. The van der Waals surface area contributed by atoms with E-state index < -0.39 is 0 Å². The van der Waals surface area contributed by atoms with Crippen molar-refractivity contribution < 1.29 is 14.3 Å². The summed E-state index contributed by atoms with van der Waals surface area (Å²) < 4.78 is 5.14. The topological polar surface area (TPSA) is 58.6 Å². The Labute approximate surface area is 137 Å². The SMILES string of the molecule is COc1ccc(CN2C[C@@H](C(=O)NC3CCCC3)CC2=O)cc1. The molecule has 1 saturated heterocycles. The fourth-order valence-corrected chi connectivity index (χ4v) is 3.44. The van der Waals surface area contributed by atoms with Gasteiger partial charge in [0.2, 0.25) is 11.8 Å². The van der Waals surface area contributed by atoms with E-state index in [0.29, 0.717) is 25.6 Å². The predicted octanol–water partition coefficient (Wildman–Crippen LogP) is 2.10. The molecular weight excluding hydrogens is 292 g/mol. The zero-order valence-electron chi connectivity index (χ0n) is 13.6. The van der Waals surface area contributed by atoms with Gasteiger partial charge in [-0.2, -0.15) is 0 Å². The first-order valence-electron chi connectivity index (χ1n) is 8.37. The molecule has 0 spiro atoms. The third-order valence-corrected chi connectivity index (χ3v) is 4.82. The van der Waals surface area contributed by atoms with Crippen LogP contribution in [0.25, 0.3) is 0 Å². The van der Waals surface area contributed by atoms with Crippen LogP contribution in [0, 0.1) is 5.92 Å². The Balaban J connectivity index is 1.54. The molecule has 5 heteroatoms. The second-order valence-electron chi connectivity index (χ2n) is 6.51. The van der Waals surface area contributed by atoms with Crippen molar-refractivity contribution in [3.8, 4) is 5.75 Å². The summed E-state index contributed by atoms with van der Waals surface area (Å²) in [5.41, 5.74) is 1.05. The molecule has 0 aromatic heterocycles. The number of amides is 2. The molecule has 0 bridgehead atoms. The quantitative estimate of drug-likeness (QED) is 0.905. The summed E-state index contributed by atoms with van der Waals surface area (Å²) >= 11 is 0. The maximum Gasteiger partial charge on any atom is 0.225 e. The number of benzene rings is 1. The van der Waals surface area contributed by atoms with Gasteiger partial charge in [-0.25, -0.2) is 0 Å². The van der Waals surface area contributed by atoms with Crippen LogP contribution in [-0.4, -0.2) is 36.4 Å². The van der Waals surface area contributed by atoms with Crippen LogP contribution in [0.15, 0.2) is 24.3 Å². The van der Waals surface area contributed by atoms with E-state index in [9.17, 15) is 9.59 Å². The van der Waals surface area contributed by atoms with E-state index in [1.807, 2.05) is 24.3 Å². The van der Waals surface area contributed by atoms with Crippen molar-refractivity contribution in [3.63, 3.8) is 0 Å². The Morgan fingerprint density at radius 3 is 2.61 bits per heavy atom. The molecular formula is C18H24N2O3. The number of rotatable bonds is 5. The van der Waals surface area contributed by atoms with Gasteiger partial charge in [-0.15, -0.1) is 0 Å². The highest BCUT2D eigenvalue weighted by molar-refractivity contribution is 5.89. The number of carbonyl (C=O) groups excluding carboxylic acids is 2. The van der Waals surface area contributed by atoms with Crippen molar-refractivity contribution >= 4 is 11.8 Å². The summed E-state index contributed by atoms with van der Waals surface area (Å²) in [7, 11) is 1.63. The first-order valence-corrected chi connectivity index (χ1v) is 8.37. The molecule has 1 saturated carbocycles. The van der Waals surface area contributed by atoms with Crippen molar-refractivity contribution in [1.82, 2.24) is 10.2 Å². The van der Waals surface area contributed by atoms with Gasteiger partial charge in [0.1, 0.15) is 5.75 Å². The zero-order chi connectivity index (χ0) is 16.2. The summed E-state index contributed by atoms with van der Waals surface area (Å²) in [4.78, 5) is 26.3. The molecule has 5 nitrogen and oxygen atoms in total. The highest BCUT2D eigenvalue weighted by Gasteiger charge is 2.35. The summed E-state index contributed by atoms with van der Waals surface area (Å²) in [5, 5.41) is 3.11. The van der Waals surface area contributed by atoms with E-state index in [1.165, 1.54) is 12.8 Å². The Kier molecular flexibility index (Phi) is 4.84. The molecule has 1 heterocycles. The first-order chi connectivity index (χ1) is 11.2. The number of carbonyl (C=O) groups is 2. The third-order valence-electron chi connectivity index (χ3n) is 4.82. The molecule has 3 rings (SSSR count). The number of nitrogens with one attached hydrogen (secondary N) is 1. The van der Waals surface area contributed by atoms with Crippen molar-refractivity contribution in [3.05, 3.63) is 29.8 Å². The van der Waals surface area contributed by atoms with Gasteiger partial charge in [0.05, 0.1) is 13.0 Å². The average Bonchev–Trinajstić information content (AvgIpc) is 3.18. The van der Waals surface area contributed by atoms with E-state index >= 15 is 0 Å². The standard InChI is InChI=1S/C18H24N2O3/c1-23-16-8-6-13(7-9-16)11-20-12-14(10-17(20)21)18(22)19-15-4-2-3-5-15/h6-9,14-15H,2-5,10-12H2,1H3,(H,19,22)/t14-/m0/s1. The zero-order valence-corrected chi connectivity index (χ0v) is 13.6. The van der Waals surface area contributed by atoms with E-state index in [2.05, 4.69) is 5.32 Å². The van der Waals surface area contributed by atoms with Gasteiger partial charge in [-0.05, 0) is 30.5 Å². The molecule has 1 aliphatic heterocycles. The van der Waals surface area contributed by atoms with Crippen LogP contribution in [0.5, 0.6) is 5.75 Å². The lowest BCUT2D eigenvalue weighted by molar-refractivity contribution is -0.129. The number of methoxy groups -OCH3 is 1. The van der Waals surface area contributed by atoms with E-state index in [-0.39, 0.29) is 17.7 Å². The lowest BCUT2D eigenvalue weighted by atomic mass is 10.1. The van der Waals surface area contributed by atoms with Crippen LogP contribution >= 0.6 is 0 Å². The van der Waals surface area contributed by atoms with Gasteiger partial charge < -0.3 is 15.0 Å². The second-order valence-corrected chi connectivity index (χ2v) is 6.51. The second kappa shape index (κ2) is 7.02. The monoisotopic (exact) mass is 316 g/mol. The van der Waals surface area contributed by atoms with Crippen LogP contribution in [0.3, 0.4) is 0 Å². The maximum absolute atomic E-state index is 12.3. The minimum Gasteiger partial charge on any atom is -0.497 e. The molecule has 1 atom stereocenters. The van der Waals surface area contributed by atoms with Crippen LogP contribution < -0.4 is 10.1 Å². The van der Waals surface area contributed by atoms with Crippen molar-refractivity contribution in [2.24, 2.45) is 5.92 Å². The Bertz CT molecular complexity index is 564. The van der Waals surface area contributed by atoms with Gasteiger partial charge in [0, 0.05) is 25.6 Å². The Hall–Kier alpha value is -2.04. The average molecular weight is 316 g/mol. The lowest BCUT2D eigenvalue weighted by Gasteiger charge is -2.18. The number of likely N-dealkylation sites (tertiary alicyclic amines) is 1. The molecule has 2 aliphatic rings. The van der Waals surface area contributed by atoms with Gasteiger partial charge in [-0.1, -0.05) is 25.0 Å². The number of nitrogens with zero attached hydrogens (tertiary/aromatic N) is 1. The van der Waals surface area contributed by atoms with Crippen molar-refractivity contribution in [2.75, 3.05) is 13.7 Å². The van der Waals surface area contributed by atoms with Crippen molar-refractivity contribution in [1.29, 1.82) is 0 Å². The maximum atomic E-state index is 12.3. The van der Waals surface area contributed by atoms with Crippen LogP contribution in [0.4, 0.5) is 0 Å². The molecule has 0 unspecified atom stereocenters. The Morgan fingerprint density at radius 2 is 1.96 bits per heavy atom. The van der Waals surface area contributed by atoms with Gasteiger partial charge in [0.15, 0.2) is 0 Å². The van der Waals surface area contributed by atoms with E-state index in [4.69, 9.17) is 4.74 Å². The smallest absolute Gasteiger partial charge is 0.225 e. The highest BCUT2D eigenvalue weighted by atomic mass is 16.5. The number of hydrogen-bond acceptors (Lipinski definition) is 3. The summed E-state index contributed by atoms with van der Waals surface area (Å²) in [6.45, 7) is 1.07. The van der Waals surface area contributed by atoms with E-state index in [1.54, 1.807) is 12.0 Å². The van der Waals surface area contributed by atoms with Crippen LogP contribution in [-0.2, 0) is 16.1 Å². The molecule has 1 N–H and O–H groups in total. The molecule has 2 fully saturated rings. The third kappa shape index (κ3) is 3.84. The minimum absolute atomic E-state index is 0.0440. The predicted molar refractivity (Wildman–Crippen MR) is 86.9 cm³/mol. The molecule has 1 aliphatic carbocycles.